The fourth-order valence-corrected chi connectivity index (χ4v) is 0.901. The van der Waals surface area contributed by atoms with Gasteiger partial charge >= 0.3 is 18.0 Å². The van der Waals surface area contributed by atoms with Crippen LogP contribution in [-0.4, -0.2) is 24.1 Å². The lowest BCUT2D eigenvalue weighted by atomic mass is 9.99. The van der Waals surface area contributed by atoms with Gasteiger partial charge in [0.05, 0.1) is 6.04 Å². The minimum absolute atomic E-state index is 0.176. The molecule has 1 nitrogen and oxygen atoms in total. The Hall–Kier alpha value is -0.790. The van der Waals surface area contributed by atoms with E-state index in [0.717, 1.165) is 6.08 Å². The lowest BCUT2D eigenvalue weighted by Gasteiger charge is -2.32. The van der Waals surface area contributed by atoms with E-state index in [1.54, 1.807) is 0 Å². The SMILES string of the molecule is C=CCC[C@H](N)C(F)(F)C(F)(F)C(F)(F)F. The largest absolute Gasteiger partial charge is 0.459 e. The lowest BCUT2D eigenvalue weighted by Crippen LogP contribution is -2.60. The topological polar surface area (TPSA) is 26.0 Å². The third-order valence-corrected chi connectivity index (χ3v) is 1.92. The summed E-state index contributed by atoms with van der Waals surface area (Å²) in [6, 6.07) is -2.58. The van der Waals surface area contributed by atoms with Gasteiger partial charge in [0.25, 0.3) is 0 Å². The molecule has 0 aromatic heterocycles. The van der Waals surface area contributed by atoms with Crippen LogP contribution in [-0.2, 0) is 0 Å². The van der Waals surface area contributed by atoms with Gasteiger partial charge in [0, 0.05) is 0 Å². The van der Waals surface area contributed by atoms with Crippen LogP contribution in [0.1, 0.15) is 12.8 Å². The van der Waals surface area contributed by atoms with Crippen molar-refractivity contribution < 1.29 is 30.7 Å². The summed E-state index contributed by atoms with van der Waals surface area (Å²) in [7, 11) is 0. The number of hydrogen-bond donors (Lipinski definition) is 1. The van der Waals surface area contributed by atoms with Crippen LogP contribution >= 0.6 is 0 Å². The van der Waals surface area contributed by atoms with Crippen molar-refractivity contribution in [1.82, 2.24) is 0 Å². The van der Waals surface area contributed by atoms with Crippen molar-refractivity contribution in [3.8, 4) is 0 Å². The molecular formula is C8H10F7N. The molecule has 0 rings (SSSR count). The van der Waals surface area contributed by atoms with E-state index < -0.39 is 30.5 Å². The zero-order chi connectivity index (χ0) is 13.2. The Labute approximate surface area is 87.1 Å². The summed E-state index contributed by atoms with van der Waals surface area (Å²) in [5.74, 6) is -11.5. The normalized spacial score (nSPS) is 16.0. The minimum atomic E-state index is -6.33. The molecule has 0 spiro atoms. The first-order valence-corrected chi connectivity index (χ1v) is 4.17. The Morgan fingerprint density at radius 3 is 1.81 bits per heavy atom. The molecule has 16 heavy (non-hydrogen) atoms. The van der Waals surface area contributed by atoms with E-state index in [0.29, 0.717) is 0 Å². The highest BCUT2D eigenvalue weighted by Gasteiger charge is 2.74. The van der Waals surface area contributed by atoms with Gasteiger partial charge < -0.3 is 5.73 Å². The maximum absolute atomic E-state index is 12.8. The second-order valence-corrected chi connectivity index (χ2v) is 3.17. The van der Waals surface area contributed by atoms with Gasteiger partial charge in [-0.25, -0.2) is 0 Å². The summed E-state index contributed by atoms with van der Waals surface area (Å²) >= 11 is 0. The van der Waals surface area contributed by atoms with Crippen LogP contribution in [0, 0.1) is 0 Å². The monoisotopic (exact) mass is 253 g/mol. The summed E-state index contributed by atoms with van der Waals surface area (Å²) in [5.41, 5.74) is 4.64. The van der Waals surface area contributed by atoms with Crippen molar-refractivity contribution in [2.45, 2.75) is 36.9 Å². The van der Waals surface area contributed by atoms with E-state index in [4.69, 9.17) is 0 Å². The molecule has 0 aliphatic carbocycles. The van der Waals surface area contributed by atoms with Gasteiger partial charge in [-0.1, -0.05) is 6.08 Å². The summed E-state index contributed by atoms with van der Waals surface area (Å²) in [5, 5.41) is 0. The van der Waals surface area contributed by atoms with E-state index in [1.807, 2.05) is 0 Å². The number of alkyl halides is 7. The van der Waals surface area contributed by atoms with Crippen LogP contribution in [0.4, 0.5) is 30.7 Å². The third kappa shape index (κ3) is 2.66. The fourth-order valence-electron chi connectivity index (χ4n) is 0.901. The maximum Gasteiger partial charge on any atom is 0.459 e. The molecule has 1 atom stereocenters. The zero-order valence-corrected chi connectivity index (χ0v) is 8.00. The number of nitrogens with two attached hydrogens (primary N) is 1. The van der Waals surface area contributed by atoms with Crippen LogP contribution < -0.4 is 5.73 Å². The Kier molecular flexibility index (Phi) is 4.38. The van der Waals surface area contributed by atoms with Crippen LogP contribution in [0.5, 0.6) is 0 Å². The standard InChI is InChI=1S/C8H10F7N/c1-2-3-4-5(16)6(9,10)7(11,12)8(13,14)15/h2,5H,1,3-4,16H2/t5-/m0/s1. The first-order valence-electron chi connectivity index (χ1n) is 4.17. The number of allylic oxidation sites excluding steroid dienone is 1. The summed E-state index contributed by atoms with van der Waals surface area (Å²) in [4.78, 5) is 0. The Balaban J connectivity index is 4.95. The summed E-state index contributed by atoms with van der Waals surface area (Å²) in [6.45, 7) is 3.12. The third-order valence-electron chi connectivity index (χ3n) is 1.92. The Bertz CT molecular complexity index is 245. The molecule has 0 saturated heterocycles. The van der Waals surface area contributed by atoms with Gasteiger partial charge in [0.1, 0.15) is 0 Å². The average molecular weight is 253 g/mol. The van der Waals surface area contributed by atoms with Crippen molar-refractivity contribution in [3.63, 3.8) is 0 Å². The van der Waals surface area contributed by atoms with Crippen molar-refractivity contribution in [3.05, 3.63) is 12.7 Å². The summed E-state index contributed by atoms with van der Waals surface area (Å²) < 4.78 is 85.5. The highest BCUT2D eigenvalue weighted by Crippen LogP contribution is 2.48. The molecule has 0 radical (unpaired) electrons. The number of halogens is 7. The van der Waals surface area contributed by atoms with Crippen LogP contribution in [0.3, 0.4) is 0 Å². The molecular weight excluding hydrogens is 243 g/mol. The molecule has 0 aliphatic rings. The van der Waals surface area contributed by atoms with E-state index in [-0.39, 0.29) is 6.42 Å². The molecule has 0 amide bonds. The van der Waals surface area contributed by atoms with Gasteiger partial charge in [0.2, 0.25) is 0 Å². The first kappa shape index (κ1) is 15.2. The van der Waals surface area contributed by atoms with E-state index >= 15 is 0 Å². The molecule has 96 valence electrons. The van der Waals surface area contributed by atoms with E-state index in [1.165, 1.54) is 0 Å². The molecule has 0 heterocycles. The molecule has 0 fully saturated rings. The van der Waals surface area contributed by atoms with Gasteiger partial charge in [-0.2, -0.15) is 30.7 Å². The Morgan fingerprint density at radius 1 is 1.06 bits per heavy atom. The van der Waals surface area contributed by atoms with Gasteiger partial charge in [0.15, 0.2) is 0 Å². The van der Waals surface area contributed by atoms with Crippen molar-refractivity contribution in [2.24, 2.45) is 5.73 Å². The minimum Gasteiger partial charge on any atom is -0.322 e. The van der Waals surface area contributed by atoms with Crippen molar-refractivity contribution >= 4 is 0 Å². The van der Waals surface area contributed by atoms with Crippen LogP contribution in [0.25, 0.3) is 0 Å². The van der Waals surface area contributed by atoms with Crippen LogP contribution in [0.2, 0.25) is 0 Å². The average Bonchev–Trinajstić information content (AvgIpc) is 2.11. The van der Waals surface area contributed by atoms with E-state index in [9.17, 15) is 30.7 Å². The number of rotatable bonds is 5. The maximum atomic E-state index is 12.8. The highest BCUT2D eigenvalue weighted by molar-refractivity contribution is 4.98. The lowest BCUT2D eigenvalue weighted by molar-refractivity contribution is -0.358. The Morgan fingerprint density at radius 2 is 1.50 bits per heavy atom. The molecule has 0 aliphatic heterocycles. The predicted molar refractivity (Wildman–Crippen MR) is 43.4 cm³/mol. The molecule has 0 saturated carbocycles. The van der Waals surface area contributed by atoms with Crippen molar-refractivity contribution in [1.29, 1.82) is 0 Å². The van der Waals surface area contributed by atoms with E-state index in [2.05, 4.69) is 12.3 Å². The highest BCUT2D eigenvalue weighted by atomic mass is 19.4. The first-order chi connectivity index (χ1) is 6.98. The number of hydrogen-bond acceptors (Lipinski definition) is 1. The molecule has 0 bridgehead atoms. The second-order valence-electron chi connectivity index (χ2n) is 3.17. The smallest absolute Gasteiger partial charge is 0.322 e. The van der Waals surface area contributed by atoms with Crippen LogP contribution in [0.15, 0.2) is 12.7 Å². The molecule has 0 aromatic carbocycles. The quantitative estimate of drug-likeness (QED) is 0.591. The molecule has 2 N–H and O–H groups in total. The molecule has 8 heteroatoms. The molecule has 0 aromatic rings. The van der Waals surface area contributed by atoms with Gasteiger partial charge in [-0.05, 0) is 12.8 Å². The van der Waals surface area contributed by atoms with Gasteiger partial charge in [-0.15, -0.1) is 6.58 Å². The predicted octanol–water partition coefficient (Wildman–Crippen LogP) is 3.11. The van der Waals surface area contributed by atoms with Gasteiger partial charge in [-0.3, -0.25) is 0 Å². The molecule has 0 unspecified atom stereocenters. The fraction of sp³-hybridized carbons (Fsp3) is 0.750. The zero-order valence-electron chi connectivity index (χ0n) is 8.00. The van der Waals surface area contributed by atoms with Crippen molar-refractivity contribution in [2.75, 3.05) is 0 Å². The summed E-state index contributed by atoms with van der Waals surface area (Å²) in [6.07, 6.45) is -6.11. The second kappa shape index (κ2) is 4.60.